The summed E-state index contributed by atoms with van der Waals surface area (Å²) in [6.45, 7) is 4.02. The average molecular weight is 233 g/mol. The molecule has 3 nitrogen and oxygen atoms in total. The Bertz CT molecular complexity index is 384. The van der Waals surface area contributed by atoms with Crippen LogP contribution in [0.15, 0.2) is 24.3 Å². The van der Waals surface area contributed by atoms with Crippen molar-refractivity contribution in [1.29, 1.82) is 0 Å². The maximum absolute atomic E-state index is 11.8. The second-order valence-corrected chi connectivity index (χ2v) is 4.34. The molecule has 0 unspecified atom stereocenters. The molecule has 0 bridgehead atoms. The standard InChI is InChI=1S/C14H19NO2/c1-2-12-7-3-4-8-13(12)17-11-14(16)15-9-5-6-10-15/h3-4,7-8H,2,5-6,9-11H2,1H3. The van der Waals surface area contributed by atoms with E-state index in [1.807, 2.05) is 29.2 Å². The van der Waals surface area contributed by atoms with Crippen molar-refractivity contribution in [2.75, 3.05) is 19.7 Å². The highest BCUT2D eigenvalue weighted by Gasteiger charge is 2.18. The van der Waals surface area contributed by atoms with E-state index in [9.17, 15) is 4.79 Å². The van der Waals surface area contributed by atoms with Crippen LogP contribution in [-0.4, -0.2) is 30.5 Å². The Kier molecular flexibility index (Phi) is 4.02. The number of likely N-dealkylation sites (tertiary alicyclic amines) is 1. The largest absolute Gasteiger partial charge is 0.483 e. The van der Waals surface area contributed by atoms with Gasteiger partial charge in [0.2, 0.25) is 0 Å². The summed E-state index contributed by atoms with van der Waals surface area (Å²) in [5, 5.41) is 0. The molecule has 0 N–H and O–H groups in total. The topological polar surface area (TPSA) is 29.5 Å². The summed E-state index contributed by atoms with van der Waals surface area (Å²) in [5.41, 5.74) is 1.15. The summed E-state index contributed by atoms with van der Waals surface area (Å²) in [6.07, 6.45) is 3.17. The molecule has 1 heterocycles. The number of nitrogens with zero attached hydrogens (tertiary/aromatic N) is 1. The number of para-hydroxylation sites is 1. The molecule has 17 heavy (non-hydrogen) atoms. The van der Waals surface area contributed by atoms with Gasteiger partial charge in [0.1, 0.15) is 5.75 Å². The molecule has 1 amide bonds. The Morgan fingerprint density at radius 2 is 2.00 bits per heavy atom. The third-order valence-electron chi connectivity index (χ3n) is 3.16. The van der Waals surface area contributed by atoms with Crippen molar-refractivity contribution in [2.45, 2.75) is 26.2 Å². The number of rotatable bonds is 4. The summed E-state index contributed by atoms with van der Waals surface area (Å²) in [5.74, 6) is 0.941. The zero-order valence-electron chi connectivity index (χ0n) is 10.3. The second kappa shape index (κ2) is 5.71. The van der Waals surface area contributed by atoms with E-state index in [0.717, 1.165) is 43.7 Å². The number of benzene rings is 1. The number of carbonyl (C=O) groups is 1. The van der Waals surface area contributed by atoms with E-state index in [4.69, 9.17) is 4.74 Å². The van der Waals surface area contributed by atoms with Crippen LogP contribution in [0.1, 0.15) is 25.3 Å². The van der Waals surface area contributed by atoms with Crippen molar-refractivity contribution >= 4 is 5.91 Å². The van der Waals surface area contributed by atoms with Crippen molar-refractivity contribution in [1.82, 2.24) is 4.90 Å². The van der Waals surface area contributed by atoms with Crippen LogP contribution in [0, 0.1) is 0 Å². The highest BCUT2D eigenvalue weighted by molar-refractivity contribution is 5.78. The number of hydrogen-bond donors (Lipinski definition) is 0. The van der Waals surface area contributed by atoms with Crippen LogP contribution in [0.25, 0.3) is 0 Å². The molecule has 1 aliphatic rings. The van der Waals surface area contributed by atoms with Gasteiger partial charge in [-0.2, -0.15) is 0 Å². The average Bonchev–Trinajstić information content (AvgIpc) is 2.90. The third kappa shape index (κ3) is 2.99. The fourth-order valence-electron chi connectivity index (χ4n) is 2.13. The van der Waals surface area contributed by atoms with Crippen LogP contribution in [0.2, 0.25) is 0 Å². The van der Waals surface area contributed by atoms with Crippen molar-refractivity contribution in [2.24, 2.45) is 0 Å². The molecule has 0 atom stereocenters. The number of hydrogen-bond acceptors (Lipinski definition) is 2. The fraction of sp³-hybridized carbons (Fsp3) is 0.500. The van der Waals surface area contributed by atoms with Gasteiger partial charge >= 0.3 is 0 Å². The maximum atomic E-state index is 11.8. The molecule has 1 aliphatic heterocycles. The van der Waals surface area contributed by atoms with Gasteiger partial charge in [-0.05, 0) is 30.9 Å². The number of ether oxygens (including phenoxy) is 1. The molecule has 2 rings (SSSR count). The van der Waals surface area contributed by atoms with E-state index in [1.165, 1.54) is 0 Å². The number of amides is 1. The predicted octanol–water partition coefficient (Wildman–Crippen LogP) is 2.25. The van der Waals surface area contributed by atoms with Crippen molar-refractivity contribution in [3.63, 3.8) is 0 Å². The normalized spacial score (nSPS) is 15.0. The smallest absolute Gasteiger partial charge is 0.260 e. The van der Waals surface area contributed by atoms with Crippen molar-refractivity contribution in [3.05, 3.63) is 29.8 Å². The first-order chi connectivity index (χ1) is 8.31. The van der Waals surface area contributed by atoms with Gasteiger partial charge in [-0.1, -0.05) is 25.1 Å². The molecule has 3 heteroatoms. The summed E-state index contributed by atoms with van der Waals surface area (Å²) in [6, 6.07) is 7.90. The monoisotopic (exact) mass is 233 g/mol. The quantitative estimate of drug-likeness (QED) is 0.798. The summed E-state index contributed by atoms with van der Waals surface area (Å²) >= 11 is 0. The SMILES string of the molecule is CCc1ccccc1OCC(=O)N1CCCC1. The minimum atomic E-state index is 0.105. The second-order valence-electron chi connectivity index (χ2n) is 4.34. The third-order valence-corrected chi connectivity index (χ3v) is 3.16. The first-order valence-corrected chi connectivity index (χ1v) is 6.29. The summed E-state index contributed by atoms with van der Waals surface area (Å²) in [4.78, 5) is 13.7. The van der Waals surface area contributed by atoms with Crippen molar-refractivity contribution < 1.29 is 9.53 Å². The highest BCUT2D eigenvalue weighted by Crippen LogP contribution is 2.18. The molecule has 1 saturated heterocycles. The van der Waals surface area contributed by atoms with Gasteiger partial charge in [-0.3, -0.25) is 4.79 Å². The molecule has 0 aliphatic carbocycles. The van der Waals surface area contributed by atoms with Gasteiger partial charge in [-0.15, -0.1) is 0 Å². The maximum Gasteiger partial charge on any atom is 0.260 e. The highest BCUT2D eigenvalue weighted by atomic mass is 16.5. The summed E-state index contributed by atoms with van der Waals surface area (Å²) in [7, 11) is 0. The van der Waals surface area contributed by atoms with Gasteiger partial charge in [-0.25, -0.2) is 0 Å². The number of aryl methyl sites for hydroxylation is 1. The molecule has 1 aromatic carbocycles. The Hall–Kier alpha value is -1.51. The van der Waals surface area contributed by atoms with Crippen LogP contribution in [0.4, 0.5) is 0 Å². The predicted molar refractivity (Wildman–Crippen MR) is 67.1 cm³/mol. The van der Waals surface area contributed by atoms with Gasteiger partial charge < -0.3 is 9.64 Å². The molecule has 0 saturated carbocycles. The van der Waals surface area contributed by atoms with E-state index in [2.05, 4.69) is 6.92 Å². The van der Waals surface area contributed by atoms with Crippen LogP contribution in [-0.2, 0) is 11.2 Å². The zero-order valence-corrected chi connectivity index (χ0v) is 10.3. The van der Waals surface area contributed by atoms with E-state index in [0.29, 0.717) is 0 Å². The first-order valence-electron chi connectivity index (χ1n) is 6.29. The lowest BCUT2D eigenvalue weighted by Gasteiger charge is -2.16. The Labute approximate surface area is 102 Å². The van der Waals surface area contributed by atoms with Gasteiger partial charge in [0.25, 0.3) is 5.91 Å². The van der Waals surface area contributed by atoms with Gasteiger partial charge in [0.15, 0.2) is 6.61 Å². The lowest BCUT2D eigenvalue weighted by molar-refractivity contribution is -0.132. The molecule has 0 spiro atoms. The molecule has 0 aromatic heterocycles. The Morgan fingerprint density at radius 3 is 2.71 bits per heavy atom. The van der Waals surface area contributed by atoms with E-state index >= 15 is 0 Å². The Balaban J connectivity index is 1.90. The van der Waals surface area contributed by atoms with Crippen LogP contribution >= 0.6 is 0 Å². The van der Waals surface area contributed by atoms with Crippen molar-refractivity contribution in [3.8, 4) is 5.75 Å². The molecular weight excluding hydrogens is 214 g/mol. The fourth-order valence-corrected chi connectivity index (χ4v) is 2.13. The van der Waals surface area contributed by atoms with E-state index in [-0.39, 0.29) is 12.5 Å². The van der Waals surface area contributed by atoms with Gasteiger partial charge in [0.05, 0.1) is 0 Å². The van der Waals surface area contributed by atoms with Crippen LogP contribution < -0.4 is 4.74 Å². The van der Waals surface area contributed by atoms with Crippen LogP contribution in [0.3, 0.4) is 0 Å². The van der Waals surface area contributed by atoms with E-state index in [1.54, 1.807) is 0 Å². The lowest BCUT2D eigenvalue weighted by Crippen LogP contribution is -2.32. The Morgan fingerprint density at radius 1 is 1.29 bits per heavy atom. The van der Waals surface area contributed by atoms with Crippen LogP contribution in [0.5, 0.6) is 5.75 Å². The minimum Gasteiger partial charge on any atom is -0.483 e. The van der Waals surface area contributed by atoms with E-state index < -0.39 is 0 Å². The summed E-state index contributed by atoms with van der Waals surface area (Å²) < 4.78 is 5.61. The lowest BCUT2D eigenvalue weighted by atomic mass is 10.1. The number of carbonyl (C=O) groups excluding carboxylic acids is 1. The minimum absolute atomic E-state index is 0.105. The molecule has 92 valence electrons. The molecule has 1 fully saturated rings. The molecule has 0 radical (unpaired) electrons. The zero-order chi connectivity index (χ0) is 12.1. The molecule has 1 aromatic rings. The first kappa shape index (κ1) is 12.0. The molecular formula is C14H19NO2. The van der Waals surface area contributed by atoms with Gasteiger partial charge in [0, 0.05) is 13.1 Å².